The van der Waals surface area contributed by atoms with Gasteiger partial charge in [0.15, 0.2) is 0 Å². The summed E-state index contributed by atoms with van der Waals surface area (Å²) in [6, 6.07) is 13.6. The summed E-state index contributed by atoms with van der Waals surface area (Å²) < 4.78 is 6.16. The first-order valence-corrected chi connectivity index (χ1v) is 7.25. The van der Waals surface area contributed by atoms with E-state index in [0.717, 1.165) is 10.0 Å². The second-order valence-corrected chi connectivity index (χ2v) is 5.47. The lowest BCUT2D eigenvalue weighted by molar-refractivity contribution is 0.405. The summed E-state index contributed by atoms with van der Waals surface area (Å²) in [4.78, 5) is 0. The minimum absolute atomic E-state index is 0.187. The second-order valence-electron chi connectivity index (χ2n) is 4.62. The van der Waals surface area contributed by atoms with Crippen molar-refractivity contribution < 1.29 is 9.84 Å². The molecule has 2 aromatic rings. The van der Waals surface area contributed by atoms with Crippen molar-refractivity contribution >= 4 is 15.9 Å². The van der Waals surface area contributed by atoms with Crippen LogP contribution >= 0.6 is 15.9 Å². The van der Waals surface area contributed by atoms with Crippen molar-refractivity contribution in [2.75, 3.05) is 7.11 Å². The molecule has 0 aliphatic rings. The van der Waals surface area contributed by atoms with Crippen LogP contribution in [0.1, 0.15) is 24.1 Å². The van der Waals surface area contributed by atoms with Gasteiger partial charge in [0.25, 0.3) is 0 Å². The highest BCUT2D eigenvalue weighted by Crippen LogP contribution is 2.26. The molecule has 20 heavy (non-hydrogen) atoms. The van der Waals surface area contributed by atoms with Crippen molar-refractivity contribution in [1.29, 1.82) is 0 Å². The highest BCUT2D eigenvalue weighted by Gasteiger charge is 2.09. The molecule has 0 bridgehead atoms. The molecule has 0 aliphatic carbocycles. The van der Waals surface area contributed by atoms with Crippen LogP contribution in [0.25, 0.3) is 0 Å². The number of halogens is 1. The van der Waals surface area contributed by atoms with Crippen molar-refractivity contribution in [3.8, 4) is 11.5 Å². The Balaban J connectivity index is 2.04. The molecule has 1 atom stereocenters. The molecule has 2 N–H and O–H groups in total. The Morgan fingerprint density at radius 3 is 2.65 bits per heavy atom. The van der Waals surface area contributed by atoms with E-state index in [1.165, 1.54) is 5.56 Å². The first kappa shape index (κ1) is 14.9. The molecule has 4 heteroatoms. The van der Waals surface area contributed by atoms with Crippen molar-refractivity contribution in [3.05, 3.63) is 58.1 Å². The highest BCUT2D eigenvalue weighted by atomic mass is 79.9. The van der Waals surface area contributed by atoms with Gasteiger partial charge in [0, 0.05) is 28.7 Å². The fourth-order valence-corrected chi connectivity index (χ4v) is 2.65. The SMILES string of the molecule is COc1ccc(CN[C@H](C)c2ccccc2Br)c(O)c1. The average Bonchev–Trinajstić information content (AvgIpc) is 2.46. The Bertz CT molecular complexity index is 586. The van der Waals surface area contributed by atoms with Crippen molar-refractivity contribution in [2.45, 2.75) is 19.5 Å². The molecule has 0 aromatic heterocycles. The lowest BCUT2D eigenvalue weighted by Gasteiger charge is -2.16. The number of rotatable bonds is 5. The predicted octanol–water partition coefficient (Wildman–Crippen LogP) is 4.01. The molecule has 0 amide bonds. The molecule has 0 unspecified atom stereocenters. The maximum Gasteiger partial charge on any atom is 0.123 e. The molecule has 0 heterocycles. The number of phenols is 1. The van der Waals surface area contributed by atoms with E-state index < -0.39 is 0 Å². The number of ether oxygens (including phenoxy) is 1. The molecule has 0 saturated heterocycles. The molecule has 0 spiro atoms. The first-order chi connectivity index (χ1) is 9.61. The average molecular weight is 336 g/mol. The van der Waals surface area contributed by atoms with Gasteiger partial charge < -0.3 is 15.2 Å². The number of phenolic OH excluding ortho intramolecular Hbond substituents is 1. The smallest absolute Gasteiger partial charge is 0.123 e. The number of hydrogen-bond acceptors (Lipinski definition) is 3. The summed E-state index contributed by atoms with van der Waals surface area (Å²) in [7, 11) is 1.59. The number of nitrogens with one attached hydrogen (secondary N) is 1. The maximum absolute atomic E-state index is 9.93. The van der Waals surface area contributed by atoms with Gasteiger partial charge in [-0.15, -0.1) is 0 Å². The van der Waals surface area contributed by atoms with E-state index in [4.69, 9.17) is 4.74 Å². The fourth-order valence-electron chi connectivity index (χ4n) is 2.02. The van der Waals surface area contributed by atoms with Crippen molar-refractivity contribution in [2.24, 2.45) is 0 Å². The van der Waals surface area contributed by atoms with Crippen LogP contribution in [0.3, 0.4) is 0 Å². The van der Waals surface area contributed by atoms with Crippen LogP contribution in [0.5, 0.6) is 11.5 Å². The van der Waals surface area contributed by atoms with E-state index in [1.54, 1.807) is 13.2 Å². The van der Waals surface area contributed by atoms with Gasteiger partial charge in [-0.25, -0.2) is 0 Å². The second kappa shape index (κ2) is 6.77. The summed E-state index contributed by atoms with van der Waals surface area (Å²) in [6.07, 6.45) is 0. The molecule has 106 valence electrons. The maximum atomic E-state index is 9.93. The van der Waals surface area contributed by atoms with E-state index >= 15 is 0 Å². The van der Waals surface area contributed by atoms with Gasteiger partial charge in [0.2, 0.25) is 0 Å². The molecule has 0 aliphatic heterocycles. The third-order valence-corrected chi connectivity index (χ3v) is 3.99. The summed E-state index contributed by atoms with van der Waals surface area (Å²) >= 11 is 3.55. The van der Waals surface area contributed by atoms with Crippen LogP contribution in [0.15, 0.2) is 46.9 Å². The summed E-state index contributed by atoms with van der Waals surface area (Å²) in [6.45, 7) is 2.69. The zero-order valence-electron chi connectivity index (χ0n) is 11.6. The van der Waals surface area contributed by atoms with E-state index in [-0.39, 0.29) is 11.8 Å². The van der Waals surface area contributed by atoms with E-state index in [0.29, 0.717) is 12.3 Å². The zero-order chi connectivity index (χ0) is 14.5. The number of aromatic hydroxyl groups is 1. The van der Waals surface area contributed by atoms with E-state index in [9.17, 15) is 5.11 Å². The van der Waals surface area contributed by atoms with Gasteiger partial charge in [0.05, 0.1) is 7.11 Å². The lowest BCUT2D eigenvalue weighted by atomic mass is 10.1. The Labute approximate surface area is 127 Å². The topological polar surface area (TPSA) is 41.5 Å². The Hall–Kier alpha value is -1.52. The summed E-state index contributed by atoms with van der Waals surface area (Å²) in [5, 5.41) is 13.3. The quantitative estimate of drug-likeness (QED) is 0.867. The van der Waals surface area contributed by atoms with Crippen LogP contribution in [0, 0.1) is 0 Å². The largest absolute Gasteiger partial charge is 0.507 e. The minimum Gasteiger partial charge on any atom is -0.507 e. The van der Waals surface area contributed by atoms with Gasteiger partial charge in [0.1, 0.15) is 11.5 Å². The summed E-state index contributed by atoms with van der Waals surface area (Å²) in [5.74, 6) is 0.904. The predicted molar refractivity (Wildman–Crippen MR) is 84.1 cm³/mol. The van der Waals surface area contributed by atoms with E-state index in [2.05, 4.69) is 34.2 Å². The number of methoxy groups -OCH3 is 1. The highest BCUT2D eigenvalue weighted by molar-refractivity contribution is 9.10. The minimum atomic E-state index is 0.187. The first-order valence-electron chi connectivity index (χ1n) is 6.45. The van der Waals surface area contributed by atoms with Gasteiger partial charge in [-0.2, -0.15) is 0 Å². The third-order valence-electron chi connectivity index (χ3n) is 3.26. The standard InChI is InChI=1S/C16H18BrNO2/c1-11(14-5-3-4-6-15(14)17)18-10-12-7-8-13(20-2)9-16(12)19/h3-9,11,18-19H,10H2,1-2H3/t11-/m1/s1. The Morgan fingerprint density at radius 1 is 1.25 bits per heavy atom. The van der Waals surface area contributed by atoms with Crippen LogP contribution in [-0.4, -0.2) is 12.2 Å². The molecule has 3 nitrogen and oxygen atoms in total. The Kier molecular flexibility index (Phi) is 5.04. The molecule has 0 radical (unpaired) electrons. The Morgan fingerprint density at radius 2 is 2.00 bits per heavy atom. The summed E-state index contributed by atoms with van der Waals surface area (Å²) in [5.41, 5.74) is 2.05. The monoisotopic (exact) mass is 335 g/mol. The van der Waals surface area contributed by atoms with Gasteiger partial charge in [-0.1, -0.05) is 40.2 Å². The molecule has 0 saturated carbocycles. The van der Waals surface area contributed by atoms with Gasteiger partial charge >= 0.3 is 0 Å². The van der Waals surface area contributed by atoms with Crippen molar-refractivity contribution in [1.82, 2.24) is 5.32 Å². The number of hydrogen-bond donors (Lipinski definition) is 2. The molecule has 0 fully saturated rings. The zero-order valence-corrected chi connectivity index (χ0v) is 13.1. The molecule has 2 aromatic carbocycles. The lowest BCUT2D eigenvalue weighted by Crippen LogP contribution is -2.18. The molecule has 2 rings (SSSR count). The number of benzene rings is 2. The normalized spacial score (nSPS) is 12.2. The molecular weight excluding hydrogens is 318 g/mol. The molecular formula is C16H18BrNO2. The van der Waals surface area contributed by atoms with Crippen LogP contribution in [0.2, 0.25) is 0 Å². The van der Waals surface area contributed by atoms with Crippen LogP contribution in [0.4, 0.5) is 0 Å². The van der Waals surface area contributed by atoms with E-state index in [1.807, 2.05) is 30.3 Å². The van der Waals surface area contributed by atoms with Gasteiger partial charge in [-0.3, -0.25) is 0 Å². The fraction of sp³-hybridized carbons (Fsp3) is 0.250. The third kappa shape index (κ3) is 3.52. The van der Waals surface area contributed by atoms with Crippen LogP contribution < -0.4 is 10.1 Å². The van der Waals surface area contributed by atoms with Gasteiger partial charge in [-0.05, 0) is 24.6 Å². The van der Waals surface area contributed by atoms with Crippen LogP contribution in [-0.2, 0) is 6.54 Å². The van der Waals surface area contributed by atoms with Crippen molar-refractivity contribution in [3.63, 3.8) is 0 Å².